The minimum Gasteiger partial charge on any atom is -0.480 e. The molecule has 4 nitrogen and oxygen atoms in total. The van der Waals surface area contributed by atoms with Crippen LogP contribution in [0.3, 0.4) is 0 Å². The molecule has 0 bridgehead atoms. The quantitative estimate of drug-likeness (QED) is 0.797. The zero-order chi connectivity index (χ0) is 12.5. The summed E-state index contributed by atoms with van der Waals surface area (Å²) in [6, 6.07) is 0. The number of carbonyl (C=O) groups is 1. The molecule has 2 rings (SSSR count). The molecule has 4 heteroatoms. The van der Waals surface area contributed by atoms with Crippen LogP contribution in [0.15, 0.2) is 0 Å². The lowest BCUT2D eigenvalue weighted by atomic mass is 9.82. The van der Waals surface area contributed by atoms with Crippen molar-refractivity contribution in [2.24, 2.45) is 11.8 Å². The molecule has 2 aliphatic rings. The van der Waals surface area contributed by atoms with E-state index in [-0.39, 0.29) is 0 Å². The van der Waals surface area contributed by atoms with Crippen molar-refractivity contribution >= 4 is 5.97 Å². The molecule has 0 aromatic carbocycles. The van der Waals surface area contributed by atoms with Gasteiger partial charge in [0.15, 0.2) is 0 Å². The summed E-state index contributed by atoms with van der Waals surface area (Å²) in [5.41, 5.74) is -0.665. The Morgan fingerprint density at radius 2 is 1.76 bits per heavy atom. The molecule has 2 saturated heterocycles. The van der Waals surface area contributed by atoms with E-state index >= 15 is 0 Å². The number of hydrogen-bond donors (Lipinski definition) is 1. The first-order valence-electron chi connectivity index (χ1n) is 6.61. The Kier molecular flexibility index (Phi) is 3.73. The number of piperidine rings is 1. The maximum atomic E-state index is 11.7. The molecule has 0 saturated carbocycles. The first-order valence-corrected chi connectivity index (χ1v) is 6.61. The summed E-state index contributed by atoms with van der Waals surface area (Å²) in [5, 5.41) is 9.62. The SMILES string of the molecule is CC1CC(C)CN(C2(C(=O)O)CCOCC2)C1. The molecular formula is C13H23NO3. The fourth-order valence-corrected chi connectivity index (χ4v) is 3.39. The third-order valence-electron chi connectivity index (χ3n) is 4.19. The molecular weight excluding hydrogens is 218 g/mol. The molecule has 98 valence electrons. The van der Waals surface area contributed by atoms with E-state index < -0.39 is 11.5 Å². The van der Waals surface area contributed by atoms with Gasteiger partial charge in [-0.05, 0) is 31.1 Å². The Labute approximate surface area is 103 Å². The van der Waals surface area contributed by atoms with Crippen LogP contribution in [0.2, 0.25) is 0 Å². The summed E-state index contributed by atoms with van der Waals surface area (Å²) >= 11 is 0. The van der Waals surface area contributed by atoms with Crippen LogP contribution in [-0.4, -0.2) is 47.8 Å². The third-order valence-corrected chi connectivity index (χ3v) is 4.19. The van der Waals surface area contributed by atoms with Crippen LogP contribution in [0.4, 0.5) is 0 Å². The summed E-state index contributed by atoms with van der Waals surface area (Å²) in [4.78, 5) is 13.9. The second-order valence-electron chi connectivity index (χ2n) is 5.80. The summed E-state index contributed by atoms with van der Waals surface area (Å²) in [7, 11) is 0. The first kappa shape index (κ1) is 12.8. The van der Waals surface area contributed by atoms with Gasteiger partial charge in [-0.1, -0.05) is 13.8 Å². The highest BCUT2D eigenvalue weighted by Crippen LogP contribution is 2.34. The number of ether oxygens (including phenoxy) is 1. The van der Waals surface area contributed by atoms with E-state index in [0.29, 0.717) is 37.9 Å². The zero-order valence-corrected chi connectivity index (χ0v) is 10.8. The van der Waals surface area contributed by atoms with Crippen molar-refractivity contribution < 1.29 is 14.6 Å². The number of rotatable bonds is 2. The Morgan fingerprint density at radius 3 is 2.24 bits per heavy atom. The van der Waals surface area contributed by atoms with Crippen molar-refractivity contribution in [3.63, 3.8) is 0 Å². The number of carboxylic acids is 1. The molecule has 17 heavy (non-hydrogen) atoms. The largest absolute Gasteiger partial charge is 0.480 e. The van der Waals surface area contributed by atoms with Crippen molar-refractivity contribution in [2.45, 2.75) is 38.6 Å². The Bertz CT molecular complexity index is 276. The van der Waals surface area contributed by atoms with Gasteiger partial charge in [0.2, 0.25) is 0 Å². The molecule has 2 heterocycles. The average Bonchev–Trinajstić information content (AvgIpc) is 2.28. The van der Waals surface area contributed by atoms with E-state index in [1.54, 1.807) is 0 Å². The van der Waals surface area contributed by atoms with Gasteiger partial charge in [0.25, 0.3) is 0 Å². The standard InChI is InChI=1S/C13H23NO3/c1-10-7-11(2)9-14(8-10)13(12(15)16)3-5-17-6-4-13/h10-11H,3-9H2,1-2H3,(H,15,16). The van der Waals surface area contributed by atoms with Gasteiger partial charge in [-0.2, -0.15) is 0 Å². The summed E-state index contributed by atoms with van der Waals surface area (Å²) in [5.74, 6) is 0.526. The lowest BCUT2D eigenvalue weighted by molar-refractivity contribution is -0.161. The van der Waals surface area contributed by atoms with Crippen LogP contribution in [0.1, 0.15) is 33.1 Å². The van der Waals surface area contributed by atoms with Crippen LogP contribution < -0.4 is 0 Å². The lowest BCUT2D eigenvalue weighted by Gasteiger charge is -2.47. The molecule has 2 atom stereocenters. The maximum absolute atomic E-state index is 11.7. The molecule has 2 unspecified atom stereocenters. The molecule has 0 radical (unpaired) electrons. The predicted molar refractivity (Wildman–Crippen MR) is 64.9 cm³/mol. The first-order chi connectivity index (χ1) is 8.04. The van der Waals surface area contributed by atoms with Gasteiger partial charge >= 0.3 is 5.97 Å². The van der Waals surface area contributed by atoms with Crippen LogP contribution in [0.5, 0.6) is 0 Å². The summed E-state index contributed by atoms with van der Waals surface area (Å²) in [6.07, 6.45) is 2.46. The second-order valence-corrected chi connectivity index (χ2v) is 5.80. The van der Waals surface area contributed by atoms with Crippen LogP contribution in [0, 0.1) is 11.8 Å². The number of likely N-dealkylation sites (tertiary alicyclic amines) is 1. The highest BCUT2D eigenvalue weighted by atomic mass is 16.5. The van der Waals surface area contributed by atoms with Crippen LogP contribution in [-0.2, 0) is 9.53 Å². The number of aliphatic carboxylic acids is 1. The van der Waals surface area contributed by atoms with Crippen LogP contribution in [0.25, 0.3) is 0 Å². The van der Waals surface area contributed by atoms with Gasteiger partial charge in [0.05, 0.1) is 0 Å². The Balaban J connectivity index is 2.17. The van der Waals surface area contributed by atoms with Gasteiger partial charge in [0, 0.05) is 26.3 Å². The summed E-state index contributed by atoms with van der Waals surface area (Å²) in [6.45, 7) is 7.42. The number of nitrogens with zero attached hydrogens (tertiary/aromatic N) is 1. The highest BCUT2D eigenvalue weighted by Gasteiger charge is 2.47. The van der Waals surface area contributed by atoms with E-state index in [9.17, 15) is 9.90 Å². The Hall–Kier alpha value is -0.610. The van der Waals surface area contributed by atoms with Crippen molar-refractivity contribution in [1.82, 2.24) is 4.90 Å². The van der Waals surface area contributed by atoms with E-state index in [1.165, 1.54) is 6.42 Å². The van der Waals surface area contributed by atoms with Gasteiger partial charge in [0.1, 0.15) is 5.54 Å². The van der Waals surface area contributed by atoms with E-state index in [2.05, 4.69) is 18.7 Å². The van der Waals surface area contributed by atoms with Gasteiger partial charge in [-0.25, -0.2) is 0 Å². The fraction of sp³-hybridized carbons (Fsp3) is 0.923. The molecule has 0 amide bonds. The summed E-state index contributed by atoms with van der Waals surface area (Å²) < 4.78 is 5.33. The number of hydrogen-bond acceptors (Lipinski definition) is 3. The van der Waals surface area contributed by atoms with Gasteiger partial charge in [-0.15, -0.1) is 0 Å². The van der Waals surface area contributed by atoms with E-state index in [0.717, 1.165) is 13.1 Å². The van der Waals surface area contributed by atoms with E-state index in [4.69, 9.17) is 4.74 Å². The molecule has 0 aromatic rings. The molecule has 2 aliphatic heterocycles. The molecule has 0 aromatic heterocycles. The Morgan fingerprint density at radius 1 is 1.24 bits per heavy atom. The van der Waals surface area contributed by atoms with Crippen molar-refractivity contribution in [3.05, 3.63) is 0 Å². The maximum Gasteiger partial charge on any atom is 0.324 e. The molecule has 1 N–H and O–H groups in total. The third kappa shape index (κ3) is 2.47. The minimum absolute atomic E-state index is 0.575. The zero-order valence-electron chi connectivity index (χ0n) is 10.8. The van der Waals surface area contributed by atoms with Crippen molar-refractivity contribution in [3.8, 4) is 0 Å². The van der Waals surface area contributed by atoms with Crippen molar-refractivity contribution in [1.29, 1.82) is 0 Å². The molecule has 2 fully saturated rings. The van der Waals surface area contributed by atoms with Gasteiger partial charge < -0.3 is 9.84 Å². The molecule has 0 spiro atoms. The molecule has 0 aliphatic carbocycles. The van der Waals surface area contributed by atoms with Crippen LogP contribution >= 0.6 is 0 Å². The minimum atomic E-state index is -0.665. The van der Waals surface area contributed by atoms with Gasteiger partial charge in [-0.3, -0.25) is 9.69 Å². The average molecular weight is 241 g/mol. The fourth-order valence-electron chi connectivity index (χ4n) is 3.39. The highest BCUT2D eigenvalue weighted by molar-refractivity contribution is 5.79. The monoisotopic (exact) mass is 241 g/mol. The van der Waals surface area contributed by atoms with E-state index in [1.807, 2.05) is 0 Å². The smallest absolute Gasteiger partial charge is 0.324 e. The predicted octanol–water partition coefficient (Wildman–Crippen LogP) is 1.60. The van der Waals surface area contributed by atoms with Crippen molar-refractivity contribution in [2.75, 3.05) is 26.3 Å². The second kappa shape index (κ2) is 4.94. The lowest BCUT2D eigenvalue weighted by Crippen LogP contribution is -2.61. The topological polar surface area (TPSA) is 49.8 Å². The normalized spacial score (nSPS) is 34.5. The number of carboxylic acid groups (broad SMARTS) is 1.